The highest BCUT2D eigenvalue weighted by Gasteiger charge is 2.52. The number of esters is 1. The number of carboxylic acid groups (broad SMARTS) is 1. The molecule has 1 N–H and O–H groups in total. The Bertz CT molecular complexity index is 642. The van der Waals surface area contributed by atoms with Crippen molar-refractivity contribution in [3.05, 3.63) is 35.4 Å². The van der Waals surface area contributed by atoms with Crippen molar-refractivity contribution in [1.82, 2.24) is 4.90 Å². The number of ether oxygens (including phenoxy) is 2. The molecule has 25 heavy (non-hydrogen) atoms. The van der Waals surface area contributed by atoms with Gasteiger partial charge in [0.2, 0.25) is 0 Å². The minimum Gasteiger partial charge on any atom is -0.478 e. The Balaban J connectivity index is 2.24. The van der Waals surface area contributed by atoms with Gasteiger partial charge in [0, 0.05) is 12.6 Å². The Morgan fingerprint density at radius 2 is 1.84 bits per heavy atom. The molecule has 6 heteroatoms. The second-order valence-electron chi connectivity index (χ2n) is 6.98. The zero-order valence-electron chi connectivity index (χ0n) is 15.5. The quantitative estimate of drug-likeness (QED) is 0.796. The van der Waals surface area contributed by atoms with Crippen molar-refractivity contribution in [3.63, 3.8) is 0 Å². The Kier molecular flexibility index (Phi) is 5.85. The van der Waals surface area contributed by atoms with Crippen LogP contribution in [-0.4, -0.2) is 53.0 Å². The number of nitrogens with zero attached hydrogens (tertiary/aromatic N) is 1. The fraction of sp³-hybridized carbons (Fsp3) is 0.579. The van der Waals surface area contributed by atoms with Gasteiger partial charge >= 0.3 is 11.9 Å². The van der Waals surface area contributed by atoms with Gasteiger partial charge in [0.25, 0.3) is 0 Å². The maximum atomic E-state index is 12.5. The van der Waals surface area contributed by atoms with Crippen molar-refractivity contribution in [2.24, 2.45) is 5.92 Å². The van der Waals surface area contributed by atoms with Crippen molar-refractivity contribution < 1.29 is 24.2 Å². The molecule has 1 aromatic carbocycles. The number of carboxylic acids is 1. The smallest absolute Gasteiger partial charge is 0.338 e. The zero-order valence-corrected chi connectivity index (χ0v) is 15.5. The molecule has 0 amide bonds. The van der Waals surface area contributed by atoms with Crippen LogP contribution in [0.2, 0.25) is 0 Å². The summed E-state index contributed by atoms with van der Waals surface area (Å²) >= 11 is 0. The monoisotopic (exact) mass is 349 g/mol. The Hall–Kier alpha value is -1.92. The van der Waals surface area contributed by atoms with Crippen molar-refractivity contribution in [2.75, 3.05) is 13.2 Å². The van der Waals surface area contributed by atoms with E-state index < -0.39 is 23.8 Å². The second-order valence-corrected chi connectivity index (χ2v) is 6.98. The van der Waals surface area contributed by atoms with E-state index in [0.717, 1.165) is 6.54 Å². The highest BCUT2D eigenvalue weighted by molar-refractivity contribution is 5.94. The predicted molar refractivity (Wildman–Crippen MR) is 93.6 cm³/mol. The first-order valence-corrected chi connectivity index (χ1v) is 8.65. The van der Waals surface area contributed by atoms with Gasteiger partial charge in [-0.3, -0.25) is 4.90 Å². The van der Waals surface area contributed by atoms with Crippen LogP contribution in [0.3, 0.4) is 0 Å². The lowest BCUT2D eigenvalue weighted by molar-refractivity contribution is -0.189. The van der Waals surface area contributed by atoms with Crippen molar-refractivity contribution >= 4 is 11.9 Å². The summed E-state index contributed by atoms with van der Waals surface area (Å²) in [7, 11) is 0. The lowest BCUT2D eigenvalue weighted by Crippen LogP contribution is -2.60. The van der Waals surface area contributed by atoms with Gasteiger partial charge in [0.15, 0.2) is 5.72 Å². The summed E-state index contributed by atoms with van der Waals surface area (Å²) in [4.78, 5) is 25.9. The molecular weight excluding hydrogens is 322 g/mol. The molecule has 6 nitrogen and oxygen atoms in total. The van der Waals surface area contributed by atoms with E-state index in [9.17, 15) is 9.59 Å². The van der Waals surface area contributed by atoms with E-state index in [4.69, 9.17) is 14.6 Å². The van der Waals surface area contributed by atoms with E-state index in [1.165, 1.54) is 18.2 Å². The number of carbonyl (C=O) groups excluding carboxylic acids is 1. The van der Waals surface area contributed by atoms with Gasteiger partial charge in [-0.25, -0.2) is 9.59 Å². The summed E-state index contributed by atoms with van der Waals surface area (Å²) < 4.78 is 11.8. The molecule has 1 saturated heterocycles. The molecular formula is C19H27NO5. The standard InChI is InChI=1S/C19H27NO5/c1-12(2)19(20(13(3)4)9-10-24-19)14(5)25-18(23)16-8-6-7-15(11-16)17(21)22/h6-8,11-14H,9-10H2,1-5H3,(H,21,22). The summed E-state index contributed by atoms with van der Waals surface area (Å²) in [5, 5.41) is 9.08. The van der Waals surface area contributed by atoms with Crippen LogP contribution in [0.15, 0.2) is 24.3 Å². The fourth-order valence-corrected chi connectivity index (χ4v) is 3.64. The van der Waals surface area contributed by atoms with Crippen LogP contribution in [0.25, 0.3) is 0 Å². The van der Waals surface area contributed by atoms with Crippen LogP contribution in [0.5, 0.6) is 0 Å². The summed E-state index contributed by atoms with van der Waals surface area (Å²) in [5.74, 6) is -1.51. The van der Waals surface area contributed by atoms with E-state index in [-0.39, 0.29) is 23.1 Å². The summed E-state index contributed by atoms with van der Waals surface area (Å²) in [5.41, 5.74) is -0.407. The number of benzene rings is 1. The van der Waals surface area contributed by atoms with E-state index >= 15 is 0 Å². The molecule has 0 bridgehead atoms. The average molecular weight is 349 g/mol. The summed E-state index contributed by atoms with van der Waals surface area (Å²) in [6, 6.07) is 6.11. The minimum absolute atomic E-state index is 0.0570. The van der Waals surface area contributed by atoms with Crippen molar-refractivity contribution in [3.8, 4) is 0 Å². The van der Waals surface area contributed by atoms with Gasteiger partial charge in [-0.05, 0) is 44.9 Å². The third-order valence-corrected chi connectivity index (χ3v) is 4.78. The number of aromatic carboxylic acids is 1. The van der Waals surface area contributed by atoms with Gasteiger partial charge in [-0.15, -0.1) is 0 Å². The van der Waals surface area contributed by atoms with Gasteiger partial charge in [-0.1, -0.05) is 19.9 Å². The maximum Gasteiger partial charge on any atom is 0.338 e. The molecule has 0 spiro atoms. The minimum atomic E-state index is -1.08. The Morgan fingerprint density at radius 1 is 1.20 bits per heavy atom. The van der Waals surface area contributed by atoms with Crippen molar-refractivity contribution in [1.29, 1.82) is 0 Å². The van der Waals surface area contributed by atoms with E-state index in [1.54, 1.807) is 6.07 Å². The van der Waals surface area contributed by atoms with Crippen molar-refractivity contribution in [2.45, 2.75) is 52.5 Å². The molecule has 1 aliphatic rings. The second kappa shape index (κ2) is 7.54. The lowest BCUT2D eigenvalue weighted by atomic mass is 9.91. The number of hydrogen-bond acceptors (Lipinski definition) is 5. The van der Waals surface area contributed by atoms with Crippen LogP contribution in [0.4, 0.5) is 0 Å². The van der Waals surface area contributed by atoms with Crippen LogP contribution in [-0.2, 0) is 9.47 Å². The molecule has 1 fully saturated rings. The number of hydrogen-bond donors (Lipinski definition) is 1. The largest absolute Gasteiger partial charge is 0.478 e. The zero-order chi connectivity index (χ0) is 18.8. The first-order chi connectivity index (χ1) is 11.7. The lowest BCUT2D eigenvalue weighted by Gasteiger charge is -2.45. The molecule has 0 radical (unpaired) electrons. The number of carbonyl (C=O) groups is 2. The third kappa shape index (κ3) is 3.70. The van der Waals surface area contributed by atoms with E-state index in [1.807, 2.05) is 6.92 Å². The molecule has 0 saturated carbocycles. The Labute approximate surface area is 148 Å². The molecule has 0 aromatic heterocycles. The summed E-state index contributed by atoms with van der Waals surface area (Å²) in [6.07, 6.45) is -0.501. The molecule has 2 rings (SSSR count). The van der Waals surface area contributed by atoms with Crippen LogP contribution in [0.1, 0.15) is 55.3 Å². The summed E-state index contributed by atoms with van der Waals surface area (Å²) in [6.45, 7) is 11.5. The van der Waals surface area contributed by atoms with Gasteiger partial charge in [-0.2, -0.15) is 0 Å². The maximum absolute atomic E-state index is 12.5. The predicted octanol–water partition coefficient (Wildman–Crippen LogP) is 3.02. The van der Waals surface area contributed by atoms with Gasteiger partial charge in [0.05, 0.1) is 17.7 Å². The van der Waals surface area contributed by atoms with Gasteiger partial charge < -0.3 is 14.6 Å². The molecule has 0 aliphatic carbocycles. The normalized spacial score (nSPS) is 22.4. The molecule has 2 atom stereocenters. The fourth-order valence-electron chi connectivity index (χ4n) is 3.64. The van der Waals surface area contributed by atoms with Crippen LogP contribution in [0, 0.1) is 5.92 Å². The molecule has 1 aromatic rings. The highest BCUT2D eigenvalue weighted by atomic mass is 16.6. The first-order valence-electron chi connectivity index (χ1n) is 8.65. The topological polar surface area (TPSA) is 76.1 Å². The van der Waals surface area contributed by atoms with Crippen LogP contribution >= 0.6 is 0 Å². The molecule has 1 heterocycles. The average Bonchev–Trinajstić information content (AvgIpc) is 3.01. The van der Waals surface area contributed by atoms with Gasteiger partial charge in [0.1, 0.15) is 6.10 Å². The van der Waals surface area contributed by atoms with Crippen LogP contribution < -0.4 is 0 Å². The molecule has 1 aliphatic heterocycles. The highest BCUT2D eigenvalue weighted by Crippen LogP contribution is 2.37. The number of rotatable bonds is 6. The SMILES string of the molecule is CC(C)N1CCOC1(C(C)C)C(C)OC(=O)c1cccc(C(=O)O)c1. The molecule has 2 unspecified atom stereocenters. The van der Waals surface area contributed by atoms with E-state index in [2.05, 4.69) is 32.6 Å². The third-order valence-electron chi connectivity index (χ3n) is 4.78. The first kappa shape index (κ1) is 19.4. The van der Waals surface area contributed by atoms with E-state index in [0.29, 0.717) is 6.61 Å². The molecule has 138 valence electrons. The Morgan fingerprint density at radius 3 is 2.40 bits per heavy atom.